The van der Waals surface area contributed by atoms with Gasteiger partial charge in [0.2, 0.25) is 0 Å². The van der Waals surface area contributed by atoms with E-state index >= 15 is 0 Å². The first-order valence-corrected chi connectivity index (χ1v) is 7.44. The van der Waals surface area contributed by atoms with Crippen LogP contribution in [-0.4, -0.2) is 19.1 Å². The average molecular weight is 299 g/mol. The monoisotopic (exact) mass is 299 g/mol. The lowest BCUT2D eigenvalue weighted by molar-refractivity contribution is -0.123. The molecule has 1 N–H and O–H groups in total. The molecule has 0 bridgehead atoms. The van der Waals surface area contributed by atoms with Gasteiger partial charge in [0, 0.05) is 6.54 Å². The third-order valence-corrected chi connectivity index (χ3v) is 3.00. The van der Waals surface area contributed by atoms with Crippen molar-refractivity contribution in [2.24, 2.45) is 0 Å². The third-order valence-electron chi connectivity index (χ3n) is 3.00. The van der Waals surface area contributed by atoms with E-state index in [4.69, 9.17) is 9.47 Å². The van der Waals surface area contributed by atoms with E-state index in [0.717, 1.165) is 17.7 Å². The van der Waals surface area contributed by atoms with E-state index in [1.54, 1.807) is 12.1 Å². The maximum atomic E-state index is 11.7. The van der Waals surface area contributed by atoms with Crippen molar-refractivity contribution in [1.82, 2.24) is 5.32 Å². The van der Waals surface area contributed by atoms with Crippen LogP contribution in [0.3, 0.4) is 0 Å². The van der Waals surface area contributed by atoms with E-state index in [9.17, 15) is 4.79 Å². The van der Waals surface area contributed by atoms with Crippen LogP contribution >= 0.6 is 0 Å². The van der Waals surface area contributed by atoms with Gasteiger partial charge in [-0.1, -0.05) is 37.3 Å². The van der Waals surface area contributed by atoms with Gasteiger partial charge in [0.05, 0.1) is 6.61 Å². The van der Waals surface area contributed by atoms with Crippen molar-refractivity contribution < 1.29 is 14.3 Å². The van der Waals surface area contributed by atoms with Crippen molar-refractivity contribution in [3.05, 3.63) is 60.2 Å². The summed E-state index contributed by atoms with van der Waals surface area (Å²) in [6, 6.07) is 17.1. The molecule has 0 aliphatic carbocycles. The van der Waals surface area contributed by atoms with Gasteiger partial charge in [-0.15, -0.1) is 0 Å². The van der Waals surface area contributed by atoms with Gasteiger partial charge in [0.25, 0.3) is 5.91 Å². The standard InChI is InChI=1S/C18H21NO3/c1-2-12-21-16-8-10-17(11-9-16)22-14-18(20)19-13-15-6-4-3-5-7-15/h3-11H,2,12-14H2,1H3,(H,19,20). The van der Waals surface area contributed by atoms with Crippen LogP contribution in [-0.2, 0) is 11.3 Å². The molecule has 0 heterocycles. The minimum absolute atomic E-state index is 0.00198. The molecule has 0 aliphatic rings. The quantitative estimate of drug-likeness (QED) is 0.814. The van der Waals surface area contributed by atoms with Crippen molar-refractivity contribution >= 4 is 5.91 Å². The summed E-state index contributed by atoms with van der Waals surface area (Å²) in [5, 5.41) is 2.82. The zero-order valence-corrected chi connectivity index (χ0v) is 12.7. The smallest absolute Gasteiger partial charge is 0.258 e. The predicted octanol–water partition coefficient (Wildman–Crippen LogP) is 3.17. The molecule has 4 heteroatoms. The molecule has 4 nitrogen and oxygen atoms in total. The fourth-order valence-electron chi connectivity index (χ4n) is 1.85. The molecule has 2 aromatic rings. The van der Waals surface area contributed by atoms with Crippen LogP contribution in [0.5, 0.6) is 11.5 Å². The summed E-state index contributed by atoms with van der Waals surface area (Å²) >= 11 is 0. The number of rotatable bonds is 8. The molecule has 0 atom stereocenters. The number of amides is 1. The van der Waals surface area contributed by atoms with Crippen LogP contribution in [0.1, 0.15) is 18.9 Å². The lowest BCUT2D eigenvalue weighted by atomic mass is 10.2. The van der Waals surface area contributed by atoms with E-state index in [-0.39, 0.29) is 12.5 Å². The molecule has 0 spiro atoms. The van der Waals surface area contributed by atoms with E-state index in [1.165, 1.54) is 0 Å². The fourth-order valence-corrected chi connectivity index (χ4v) is 1.85. The second-order valence-corrected chi connectivity index (χ2v) is 4.87. The average Bonchev–Trinajstić information content (AvgIpc) is 2.58. The van der Waals surface area contributed by atoms with E-state index in [2.05, 4.69) is 12.2 Å². The van der Waals surface area contributed by atoms with Crippen molar-refractivity contribution in [2.45, 2.75) is 19.9 Å². The predicted molar refractivity (Wildman–Crippen MR) is 86.0 cm³/mol. The normalized spacial score (nSPS) is 10.0. The van der Waals surface area contributed by atoms with E-state index in [1.807, 2.05) is 42.5 Å². The molecule has 22 heavy (non-hydrogen) atoms. The molecule has 0 aromatic heterocycles. The largest absolute Gasteiger partial charge is 0.494 e. The van der Waals surface area contributed by atoms with Crippen LogP contribution in [0, 0.1) is 0 Å². The molecule has 2 aromatic carbocycles. The SMILES string of the molecule is CCCOc1ccc(OCC(=O)NCc2ccccc2)cc1. The number of benzene rings is 2. The van der Waals surface area contributed by atoms with Gasteiger partial charge in [0.1, 0.15) is 11.5 Å². The Morgan fingerprint density at radius 3 is 2.23 bits per heavy atom. The molecule has 0 aliphatic heterocycles. The number of ether oxygens (including phenoxy) is 2. The first-order valence-electron chi connectivity index (χ1n) is 7.44. The van der Waals surface area contributed by atoms with Gasteiger partial charge in [-0.3, -0.25) is 4.79 Å². The van der Waals surface area contributed by atoms with E-state index < -0.39 is 0 Å². The van der Waals surface area contributed by atoms with Crippen molar-refractivity contribution in [2.75, 3.05) is 13.2 Å². The van der Waals surface area contributed by atoms with Crippen LogP contribution in [0.25, 0.3) is 0 Å². The Labute approximate surface area is 131 Å². The van der Waals surface area contributed by atoms with Crippen molar-refractivity contribution in [1.29, 1.82) is 0 Å². The Morgan fingerprint density at radius 2 is 1.59 bits per heavy atom. The molecule has 0 fully saturated rings. The summed E-state index contributed by atoms with van der Waals surface area (Å²) in [5.41, 5.74) is 1.06. The molecule has 0 saturated carbocycles. The Bertz CT molecular complexity index is 567. The first-order chi connectivity index (χ1) is 10.8. The Hall–Kier alpha value is -2.49. The summed E-state index contributed by atoms with van der Waals surface area (Å²) in [6.07, 6.45) is 0.972. The van der Waals surface area contributed by atoms with Gasteiger partial charge in [-0.25, -0.2) is 0 Å². The molecular formula is C18H21NO3. The van der Waals surface area contributed by atoms with Crippen molar-refractivity contribution in [3.8, 4) is 11.5 Å². The molecule has 1 amide bonds. The summed E-state index contributed by atoms with van der Waals surface area (Å²) in [6.45, 7) is 3.27. The van der Waals surface area contributed by atoms with Crippen LogP contribution in [0.4, 0.5) is 0 Å². The topological polar surface area (TPSA) is 47.6 Å². The molecule has 116 valence electrons. The summed E-state index contributed by atoms with van der Waals surface area (Å²) in [4.78, 5) is 11.7. The summed E-state index contributed by atoms with van der Waals surface area (Å²) < 4.78 is 10.9. The second kappa shape index (κ2) is 8.72. The van der Waals surface area contributed by atoms with Gasteiger partial charge in [-0.2, -0.15) is 0 Å². The number of carbonyl (C=O) groups is 1. The molecule has 0 unspecified atom stereocenters. The van der Waals surface area contributed by atoms with Gasteiger partial charge >= 0.3 is 0 Å². The van der Waals surface area contributed by atoms with Gasteiger partial charge in [-0.05, 0) is 36.2 Å². The zero-order chi connectivity index (χ0) is 15.6. The lowest BCUT2D eigenvalue weighted by Crippen LogP contribution is -2.28. The highest BCUT2D eigenvalue weighted by Crippen LogP contribution is 2.17. The van der Waals surface area contributed by atoms with Crippen molar-refractivity contribution in [3.63, 3.8) is 0 Å². The minimum atomic E-state index is -0.143. The van der Waals surface area contributed by atoms with Crippen LogP contribution in [0.15, 0.2) is 54.6 Å². The lowest BCUT2D eigenvalue weighted by Gasteiger charge is -2.09. The number of hydrogen-bond donors (Lipinski definition) is 1. The number of nitrogens with one attached hydrogen (secondary N) is 1. The highest BCUT2D eigenvalue weighted by Gasteiger charge is 2.03. The minimum Gasteiger partial charge on any atom is -0.494 e. The number of carbonyl (C=O) groups excluding carboxylic acids is 1. The summed E-state index contributed by atoms with van der Waals surface area (Å²) in [5.74, 6) is 1.32. The fraction of sp³-hybridized carbons (Fsp3) is 0.278. The van der Waals surface area contributed by atoms with Gasteiger partial charge < -0.3 is 14.8 Å². The number of hydrogen-bond acceptors (Lipinski definition) is 3. The maximum Gasteiger partial charge on any atom is 0.258 e. The Morgan fingerprint density at radius 1 is 0.955 bits per heavy atom. The van der Waals surface area contributed by atoms with Gasteiger partial charge in [0.15, 0.2) is 6.61 Å². The van der Waals surface area contributed by atoms with Crippen LogP contribution in [0.2, 0.25) is 0 Å². The summed E-state index contributed by atoms with van der Waals surface area (Å²) in [7, 11) is 0. The molecular weight excluding hydrogens is 278 g/mol. The highest BCUT2D eigenvalue weighted by molar-refractivity contribution is 5.77. The third kappa shape index (κ3) is 5.48. The highest BCUT2D eigenvalue weighted by atomic mass is 16.5. The zero-order valence-electron chi connectivity index (χ0n) is 12.7. The molecule has 2 rings (SSSR count). The van der Waals surface area contributed by atoms with E-state index in [0.29, 0.717) is 18.9 Å². The van der Waals surface area contributed by atoms with Crippen LogP contribution < -0.4 is 14.8 Å². The molecule has 0 radical (unpaired) electrons. The Kier molecular flexibility index (Phi) is 6.30. The molecule has 0 saturated heterocycles. The second-order valence-electron chi connectivity index (χ2n) is 4.87. The first kappa shape index (κ1) is 15.9. The Balaban J connectivity index is 1.71. The maximum absolute atomic E-state index is 11.7.